The first-order valence-electron chi connectivity index (χ1n) is 8.40. The third-order valence-electron chi connectivity index (χ3n) is 4.88. The van der Waals surface area contributed by atoms with Gasteiger partial charge in [-0.25, -0.2) is 8.42 Å². The van der Waals surface area contributed by atoms with Crippen molar-refractivity contribution >= 4 is 15.9 Å². The number of sulfonamides is 1. The van der Waals surface area contributed by atoms with Crippen LogP contribution in [0.25, 0.3) is 0 Å². The van der Waals surface area contributed by atoms with Crippen LogP contribution in [0.1, 0.15) is 35.2 Å². The van der Waals surface area contributed by atoms with E-state index in [1.165, 1.54) is 26.3 Å². The van der Waals surface area contributed by atoms with Crippen LogP contribution in [0.4, 0.5) is 0 Å². The second-order valence-electron chi connectivity index (χ2n) is 6.38. The molecule has 1 fully saturated rings. The molecule has 2 aromatic rings. The molecule has 1 saturated carbocycles. The third-order valence-corrected chi connectivity index (χ3v) is 6.55. The maximum Gasteiger partial charge on any atom is 0.264 e. The minimum absolute atomic E-state index is 0.0110. The minimum atomic E-state index is -3.80. The Hall–Kier alpha value is -2.22. The number of carbonyl (C=O) groups excluding carboxylic acids is 1. The lowest BCUT2D eigenvalue weighted by molar-refractivity contribution is -0.0258. The largest absolute Gasteiger partial charge is 0.343 e. The van der Waals surface area contributed by atoms with Gasteiger partial charge in [-0.15, -0.1) is 0 Å². The summed E-state index contributed by atoms with van der Waals surface area (Å²) in [6.45, 7) is 0. The molecule has 7 heteroatoms. The van der Waals surface area contributed by atoms with Crippen molar-refractivity contribution < 1.29 is 18.0 Å². The van der Waals surface area contributed by atoms with E-state index in [2.05, 4.69) is 5.32 Å². The Morgan fingerprint density at radius 2 is 1.81 bits per heavy atom. The Labute approximate surface area is 153 Å². The summed E-state index contributed by atoms with van der Waals surface area (Å²) in [5.74, 6) is -0.286. The summed E-state index contributed by atoms with van der Waals surface area (Å²) in [5.41, 5.74) is 0.997. The summed E-state index contributed by atoms with van der Waals surface area (Å²) >= 11 is 0. The number of benzene rings is 2. The number of nitrogens with zero attached hydrogens (tertiary/aromatic N) is 1. The molecule has 1 aliphatic carbocycles. The Balaban J connectivity index is 1.86. The highest BCUT2D eigenvalue weighted by atomic mass is 32.2. The molecule has 0 aliphatic heterocycles. The molecule has 0 bridgehead atoms. The van der Waals surface area contributed by atoms with Gasteiger partial charge in [-0.2, -0.15) is 0 Å². The molecule has 0 aromatic heterocycles. The van der Waals surface area contributed by atoms with Crippen molar-refractivity contribution in [2.75, 3.05) is 14.2 Å². The van der Waals surface area contributed by atoms with E-state index in [4.69, 9.17) is 4.84 Å². The van der Waals surface area contributed by atoms with Crippen LogP contribution in [0.2, 0.25) is 0 Å². The quantitative estimate of drug-likeness (QED) is 0.789. The van der Waals surface area contributed by atoms with Crippen molar-refractivity contribution in [2.24, 2.45) is 0 Å². The molecule has 0 unspecified atom stereocenters. The lowest BCUT2D eigenvalue weighted by atomic mass is 9.71. The van der Waals surface area contributed by atoms with Crippen molar-refractivity contribution in [3.63, 3.8) is 0 Å². The highest BCUT2D eigenvalue weighted by Crippen LogP contribution is 2.41. The summed E-state index contributed by atoms with van der Waals surface area (Å²) in [7, 11) is -1.22. The lowest BCUT2D eigenvalue weighted by Gasteiger charge is -2.43. The van der Waals surface area contributed by atoms with Gasteiger partial charge in [0, 0.05) is 12.6 Å². The number of nitrogens with one attached hydrogen (secondary N) is 1. The Morgan fingerprint density at radius 1 is 1.12 bits per heavy atom. The molecule has 2 aromatic carbocycles. The average Bonchev–Trinajstić information content (AvgIpc) is 2.64. The normalized spacial score (nSPS) is 16.1. The summed E-state index contributed by atoms with van der Waals surface area (Å²) in [5, 5.41) is 3.11. The van der Waals surface area contributed by atoms with E-state index in [1.54, 1.807) is 12.1 Å². The molecular formula is C19H22N2O4S. The van der Waals surface area contributed by atoms with Gasteiger partial charge in [0.15, 0.2) is 0 Å². The number of rotatable bonds is 6. The molecule has 0 spiro atoms. The molecule has 6 nitrogen and oxygen atoms in total. The van der Waals surface area contributed by atoms with Crippen molar-refractivity contribution in [3.8, 4) is 0 Å². The summed E-state index contributed by atoms with van der Waals surface area (Å²) in [6, 6.07) is 15.8. The van der Waals surface area contributed by atoms with Crippen LogP contribution in [0.3, 0.4) is 0 Å². The van der Waals surface area contributed by atoms with Gasteiger partial charge in [0.1, 0.15) is 0 Å². The monoisotopic (exact) mass is 374 g/mol. The van der Waals surface area contributed by atoms with Crippen LogP contribution in [0.5, 0.6) is 0 Å². The molecule has 0 saturated heterocycles. The van der Waals surface area contributed by atoms with Crippen LogP contribution in [-0.2, 0) is 20.4 Å². The fraction of sp³-hybridized carbons (Fsp3) is 0.316. The average molecular weight is 374 g/mol. The van der Waals surface area contributed by atoms with Gasteiger partial charge in [-0.1, -0.05) is 40.9 Å². The Bertz CT molecular complexity index is 893. The lowest BCUT2D eigenvalue weighted by Crippen LogP contribution is -2.50. The number of hydrogen-bond donors (Lipinski definition) is 1. The van der Waals surface area contributed by atoms with Gasteiger partial charge in [0.25, 0.3) is 15.9 Å². The third kappa shape index (κ3) is 3.38. The molecule has 0 heterocycles. The summed E-state index contributed by atoms with van der Waals surface area (Å²) in [4.78, 5) is 17.6. The second kappa shape index (κ2) is 7.19. The fourth-order valence-corrected chi connectivity index (χ4v) is 4.13. The van der Waals surface area contributed by atoms with Crippen LogP contribution in [-0.4, -0.2) is 33.0 Å². The predicted molar refractivity (Wildman–Crippen MR) is 97.8 cm³/mol. The molecule has 0 atom stereocenters. The maximum atomic E-state index is 12.8. The van der Waals surface area contributed by atoms with E-state index in [-0.39, 0.29) is 16.3 Å². The first-order valence-corrected chi connectivity index (χ1v) is 9.84. The maximum absolute atomic E-state index is 12.8. The van der Waals surface area contributed by atoms with Gasteiger partial charge >= 0.3 is 0 Å². The van der Waals surface area contributed by atoms with Gasteiger partial charge in [0.05, 0.1) is 17.5 Å². The van der Waals surface area contributed by atoms with Crippen molar-refractivity contribution in [2.45, 2.75) is 29.7 Å². The predicted octanol–water partition coefficient (Wildman–Crippen LogP) is 2.68. The van der Waals surface area contributed by atoms with Crippen LogP contribution in [0.15, 0.2) is 59.5 Å². The van der Waals surface area contributed by atoms with Crippen LogP contribution >= 0.6 is 0 Å². The molecule has 1 N–H and O–H groups in total. The van der Waals surface area contributed by atoms with E-state index in [1.807, 2.05) is 30.3 Å². The molecule has 26 heavy (non-hydrogen) atoms. The first kappa shape index (κ1) is 18.6. The molecule has 1 amide bonds. The fourth-order valence-electron chi connectivity index (χ4n) is 3.11. The zero-order valence-corrected chi connectivity index (χ0v) is 15.6. The van der Waals surface area contributed by atoms with E-state index in [0.29, 0.717) is 5.56 Å². The van der Waals surface area contributed by atoms with Crippen LogP contribution < -0.4 is 5.32 Å². The van der Waals surface area contributed by atoms with Gasteiger partial charge < -0.3 is 5.32 Å². The van der Waals surface area contributed by atoms with Gasteiger partial charge in [-0.3, -0.25) is 9.63 Å². The van der Waals surface area contributed by atoms with Crippen LogP contribution in [0, 0.1) is 0 Å². The summed E-state index contributed by atoms with van der Waals surface area (Å²) in [6.07, 6.45) is 2.78. The highest BCUT2D eigenvalue weighted by Gasteiger charge is 2.40. The molecule has 1 aliphatic rings. The Morgan fingerprint density at radius 3 is 2.38 bits per heavy atom. The molecule has 3 rings (SSSR count). The minimum Gasteiger partial charge on any atom is -0.343 e. The van der Waals surface area contributed by atoms with E-state index < -0.39 is 10.0 Å². The summed E-state index contributed by atoms with van der Waals surface area (Å²) < 4.78 is 25.5. The smallest absolute Gasteiger partial charge is 0.264 e. The van der Waals surface area contributed by atoms with Gasteiger partial charge in [0.2, 0.25) is 0 Å². The standard InChI is InChI=1S/C19H22N2O4S/c1-21(25-2)26(23,24)17-11-6-8-15(14-17)18(22)20-19(12-7-13-19)16-9-4-3-5-10-16/h3-6,8-11,14H,7,12-13H2,1-2H3,(H,20,22). The zero-order valence-electron chi connectivity index (χ0n) is 14.8. The SMILES string of the molecule is CON(C)S(=O)(=O)c1cccc(C(=O)NC2(c3ccccc3)CCC2)c1. The van der Waals surface area contributed by atoms with E-state index in [0.717, 1.165) is 29.3 Å². The number of hydrogen-bond acceptors (Lipinski definition) is 4. The number of amides is 1. The molecular weight excluding hydrogens is 352 g/mol. The number of hydroxylamine groups is 1. The number of carbonyl (C=O) groups is 1. The van der Waals surface area contributed by atoms with Gasteiger partial charge in [-0.05, 0) is 43.0 Å². The molecule has 138 valence electrons. The molecule has 0 radical (unpaired) electrons. The highest BCUT2D eigenvalue weighted by molar-refractivity contribution is 7.89. The second-order valence-corrected chi connectivity index (χ2v) is 8.32. The first-order chi connectivity index (χ1) is 12.4. The van der Waals surface area contributed by atoms with Crippen molar-refractivity contribution in [1.29, 1.82) is 0 Å². The van der Waals surface area contributed by atoms with E-state index >= 15 is 0 Å². The van der Waals surface area contributed by atoms with Crippen molar-refractivity contribution in [3.05, 3.63) is 65.7 Å². The van der Waals surface area contributed by atoms with Crippen molar-refractivity contribution in [1.82, 2.24) is 9.79 Å². The van der Waals surface area contributed by atoms with E-state index in [9.17, 15) is 13.2 Å². The Kier molecular flexibility index (Phi) is 5.13. The topological polar surface area (TPSA) is 75.7 Å². The zero-order chi connectivity index (χ0) is 18.8.